The molecule has 11 nitrogen and oxygen atoms in total. The molecule has 3 rings (SSSR count). The van der Waals surface area contributed by atoms with Crippen molar-refractivity contribution < 1.29 is 25.2 Å². The van der Waals surface area contributed by atoms with Gasteiger partial charge >= 0.3 is 0 Å². The third kappa shape index (κ3) is 3.05. The molecule has 1 saturated heterocycles. The van der Waals surface area contributed by atoms with Gasteiger partial charge in [-0.2, -0.15) is 0 Å². The minimum absolute atomic E-state index is 0.140. The van der Waals surface area contributed by atoms with Crippen LogP contribution in [0.15, 0.2) is 12.7 Å². The number of hydrogen-bond donors (Lipinski definition) is 6. The first-order valence-corrected chi connectivity index (χ1v) is 7.47. The third-order valence-electron chi connectivity index (χ3n) is 3.93. The second kappa shape index (κ2) is 6.93. The molecule has 0 aromatic carbocycles. The molecule has 1 unspecified atom stereocenters. The molecule has 1 aliphatic heterocycles. The Bertz CT molecular complexity index is 697. The van der Waals surface area contributed by atoms with Crippen LogP contribution in [0.25, 0.3) is 11.2 Å². The Balaban J connectivity index is 1.73. The topological polar surface area (TPSA) is 172 Å². The number of nitrogens with zero attached hydrogens (tertiary/aromatic N) is 4. The van der Waals surface area contributed by atoms with Gasteiger partial charge < -0.3 is 36.2 Å². The molecule has 0 bridgehead atoms. The van der Waals surface area contributed by atoms with Crippen LogP contribution >= 0.6 is 0 Å². The summed E-state index contributed by atoms with van der Waals surface area (Å²) in [7, 11) is 0. The van der Waals surface area contributed by atoms with Gasteiger partial charge in [0.05, 0.1) is 19.0 Å². The maximum atomic E-state index is 10.3. The summed E-state index contributed by atoms with van der Waals surface area (Å²) in [5.41, 5.74) is 6.51. The van der Waals surface area contributed by atoms with Crippen LogP contribution in [0.3, 0.4) is 0 Å². The van der Waals surface area contributed by atoms with E-state index in [1.807, 2.05) is 0 Å². The third-order valence-corrected chi connectivity index (χ3v) is 3.93. The van der Waals surface area contributed by atoms with Crippen LogP contribution < -0.4 is 11.1 Å². The van der Waals surface area contributed by atoms with E-state index in [4.69, 9.17) is 15.6 Å². The van der Waals surface area contributed by atoms with Crippen LogP contribution in [-0.4, -0.2) is 84.1 Å². The van der Waals surface area contributed by atoms with Gasteiger partial charge in [0.15, 0.2) is 17.7 Å². The Hall–Kier alpha value is -1.89. The van der Waals surface area contributed by atoms with Crippen molar-refractivity contribution in [3.8, 4) is 0 Å². The maximum absolute atomic E-state index is 10.3. The van der Waals surface area contributed by atoms with Gasteiger partial charge in [0, 0.05) is 13.1 Å². The molecule has 132 valence electrons. The van der Waals surface area contributed by atoms with Crippen molar-refractivity contribution in [2.24, 2.45) is 0 Å². The smallest absolute Gasteiger partial charge is 0.167 e. The number of hydrogen-bond acceptors (Lipinski definition) is 10. The summed E-state index contributed by atoms with van der Waals surface area (Å²) in [6.07, 6.45) is -2.11. The lowest BCUT2D eigenvalue weighted by molar-refractivity contribution is -0.0348. The Labute approximate surface area is 136 Å². The molecule has 7 N–H and O–H groups in total. The Morgan fingerprint density at radius 3 is 2.83 bits per heavy atom. The number of aliphatic hydroxyl groups excluding tert-OH is 4. The number of nitrogens with two attached hydrogens (primary N) is 1. The molecule has 24 heavy (non-hydrogen) atoms. The van der Waals surface area contributed by atoms with Gasteiger partial charge in [-0.1, -0.05) is 0 Å². The largest absolute Gasteiger partial charge is 0.394 e. The van der Waals surface area contributed by atoms with Crippen molar-refractivity contribution >= 4 is 17.0 Å². The van der Waals surface area contributed by atoms with E-state index in [1.165, 1.54) is 17.2 Å². The highest BCUT2D eigenvalue weighted by atomic mass is 16.6. The molecule has 0 aliphatic carbocycles. The van der Waals surface area contributed by atoms with Gasteiger partial charge in [0.1, 0.15) is 30.2 Å². The fourth-order valence-electron chi connectivity index (χ4n) is 2.64. The standard InChI is InChI=1S/C13H20N6O5/c14-11-8-12(17-4-16-11)19(5-18-8)13-10(23)9(22)7(24-13)2-15-1-6(21)3-20/h4-7,9-10,13,15,20-23H,1-3H2,(H2,14,16,17)/t6?,7-,9-,10-,13-/m1/s1. The normalized spacial score (nSPS) is 28.5. The molecule has 2 aromatic rings. The van der Waals surface area contributed by atoms with Crippen LogP contribution in [0, 0.1) is 0 Å². The van der Waals surface area contributed by atoms with Crippen molar-refractivity contribution in [2.75, 3.05) is 25.4 Å². The van der Waals surface area contributed by atoms with Crippen molar-refractivity contribution in [2.45, 2.75) is 30.6 Å². The lowest BCUT2D eigenvalue weighted by atomic mass is 10.1. The van der Waals surface area contributed by atoms with Gasteiger partial charge in [-0.25, -0.2) is 15.0 Å². The number of aliphatic hydroxyl groups is 4. The van der Waals surface area contributed by atoms with E-state index in [9.17, 15) is 15.3 Å². The number of fused-ring (bicyclic) bond motifs is 1. The number of rotatable bonds is 6. The summed E-state index contributed by atoms with van der Waals surface area (Å²) in [6.45, 7) is -0.0361. The van der Waals surface area contributed by atoms with Gasteiger partial charge in [-0.3, -0.25) is 4.57 Å². The Kier molecular flexibility index (Phi) is 4.89. The summed E-state index contributed by atoms with van der Waals surface area (Å²) in [4.78, 5) is 12.0. The summed E-state index contributed by atoms with van der Waals surface area (Å²) >= 11 is 0. The van der Waals surface area contributed by atoms with E-state index < -0.39 is 30.6 Å². The highest BCUT2D eigenvalue weighted by Gasteiger charge is 2.44. The number of aromatic nitrogens is 4. The van der Waals surface area contributed by atoms with Crippen LogP contribution in [0.1, 0.15) is 6.23 Å². The van der Waals surface area contributed by atoms with Crippen molar-refractivity contribution in [1.29, 1.82) is 0 Å². The molecule has 1 aliphatic rings. The molecule has 0 amide bonds. The maximum Gasteiger partial charge on any atom is 0.167 e. The average Bonchev–Trinajstić information content (AvgIpc) is 3.12. The number of nitrogen functional groups attached to an aromatic ring is 1. The predicted octanol–water partition coefficient (Wildman–Crippen LogP) is -3.03. The van der Waals surface area contributed by atoms with Crippen LogP contribution in [0.2, 0.25) is 0 Å². The second-order valence-corrected chi connectivity index (χ2v) is 5.62. The van der Waals surface area contributed by atoms with Crippen LogP contribution in [0.5, 0.6) is 0 Å². The first-order chi connectivity index (χ1) is 11.5. The van der Waals surface area contributed by atoms with E-state index in [-0.39, 0.29) is 25.5 Å². The molecule has 11 heteroatoms. The number of anilines is 1. The second-order valence-electron chi connectivity index (χ2n) is 5.62. The summed E-state index contributed by atoms with van der Waals surface area (Å²) in [5, 5.41) is 41.4. The van der Waals surface area contributed by atoms with Gasteiger partial charge in [-0.05, 0) is 0 Å². The zero-order chi connectivity index (χ0) is 17.3. The van der Waals surface area contributed by atoms with E-state index in [2.05, 4.69) is 20.3 Å². The van der Waals surface area contributed by atoms with Crippen molar-refractivity contribution in [1.82, 2.24) is 24.8 Å². The predicted molar refractivity (Wildman–Crippen MR) is 81.6 cm³/mol. The van der Waals surface area contributed by atoms with Gasteiger partial charge in [0.25, 0.3) is 0 Å². The lowest BCUT2D eigenvalue weighted by Gasteiger charge is -2.17. The van der Waals surface area contributed by atoms with Crippen LogP contribution in [0.4, 0.5) is 5.82 Å². The molecule has 1 fully saturated rings. The first-order valence-electron chi connectivity index (χ1n) is 7.47. The van der Waals surface area contributed by atoms with Gasteiger partial charge in [-0.15, -0.1) is 0 Å². The molecule has 2 aromatic heterocycles. The highest BCUT2D eigenvalue weighted by molar-refractivity contribution is 5.81. The SMILES string of the molecule is Nc1ncnc2c1ncn2[C@@H]1O[C@H](CNCC(O)CO)[C@@H](O)[C@H]1O. The van der Waals surface area contributed by atoms with E-state index in [1.54, 1.807) is 0 Å². The molecule has 3 heterocycles. The monoisotopic (exact) mass is 340 g/mol. The molecular formula is C13H20N6O5. The highest BCUT2D eigenvalue weighted by Crippen LogP contribution is 2.31. The molecule has 0 saturated carbocycles. The van der Waals surface area contributed by atoms with Crippen molar-refractivity contribution in [3.63, 3.8) is 0 Å². The number of ether oxygens (including phenoxy) is 1. The molecule has 0 radical (unpaired) electrons. The lowest BCUT2D eigenvalue weighted by Crippen LogP contribution is -2.40. The average molecular weight is 340 g/mol. The fourth-order valence-corrected chi connectivity index (χ4v) is 2.64. The quantitative estimate of drug-likeness (QED) is 0.318. The zero-order valence-corrected chi connectivity index (χ0v) is 12.7. The fraction of sp³-hybridized carbons (Fsp3) is 0.615. The molecule has 0 spiro atoms. The minimum atomic E-state index is -1.19. The molecule has 5 atom stereocenters. The zero-order valence-electron chi connectivity index (χ0n) is 12.7. The summed E-state index contributed by atoms with van der Waals surface area (Å²) in [5.74, 6) is 0.211. The molecular weight excluding hydrogens is 320 g/mol. The van der Waals surface area contributed by atoms with Crippen molar-refractivity contribution in [3.05, 3.63) is 12.7 Å². The summed E-state index contributed by atoms with van der Waals surface area (Å²) < 4.78 is 7.20. The first kappa shape index (κ1) is 17.0. The Morgan fingerprint density at radius 1 is 1.29 bits per heavy atom. The Morgan fingerprint density at radius 2 is 2.08 bits per heavy atom. The van der Waals surface area contributed by atoms with E-state index in [0.717, 1.165) is 0 Å². The van der Waals surface area contributed by atoms with Gasteiger partial charge in [0.2, 0.25) is 0 Å². The van der Waals surface area contributed by atoms with Crippen LogP contribution in [-0.2, 0) is 4.74 Å². The summed E-state index contributed by atoms with van der Waals surface area (Å²) in [6, 6.07) is 0. The van der Waals surface area contributed by atoms with E-state index in [0.29, 0.717) is 11.2 Å². The number of nitrogens with one attached hydrogen (secondary N) is 1. The van der Waals surface area contributed by atoms with E-state index >= 15 is 0 Å². The minimum Gasteiger partial charge on any atom is -0.394 e. The number of imidazole rings is 1.